The number of carboxylic acid groups (broad SMARTS) is 1. The largest absolute Gasteiger partial charge is 0.480 e. The number of ether oxygens (including phenoxy) is 1. The monoisotopic (exact) mass is 414 g/mol. The Morgan fingerprint density at radius 2 is 1.29 bits per heavy atom. The predicted octanol–water partition coefficient (Wildman–Crippen LogP) is 4.70. The molecule has 0 aliphatic carbocycles. The average Bonchev–Trinajstić information content (AvgIpc) is 2.65. The van der Waals surface area contributed by atoms with Crippen LogP contribution in [0.15, 0.2) is 29.2 Å². The predicted molar refractivity (Wildman–Crippen MR) is 109 cm³/mol. The van der Waals surface area contributed by atoms with Crippen LogP contribution < -0.4 is 0 Å². The van der Waals surface area contributed by atoms with Gasteiger partial charge in [-0.05, 0) is 31.9 Å². The van der Waals surface area contributed by atoms with E-state index < -0.39 is 16.1 Å². The maximum Gasteiger partial charge on any atom is 0.329 e. The van der Waals surface area contributed by atoms with Crippen LogP contribution in [0.3, 0.4) is 0 Å². The number of unbranched alkanes of at least 4 members (excludes halogenated alkanes) is 9. The fourth-order valence-corrected chi connectivity index (χ4v) is 3.76. The van der Waals surface area contributed by atoms with Gasteiger partial charge >= 0.3 is 5.97 Å². The van der Waals surface area contributed by atoms with Crippen molar-refractivity contribution in [1.82, 2.24) is 0 Å². The molecule has 0 radical (unpaired) electrons. The summed E-state index contributed by atoms with van der Waals surface area (Å²) < 4.78 is 34.2. The Morgan fingerprint density at radius 3 is 1.79 bits per heavy atom. The lowest BCUT2D eigenvalue weighted by Gasteiger charge is -2.06. The summed E-state index contributed by atoms with van der Waals surface area (Å²) in [4.78, 5) is 10.5. The zero-order valence-electron chi connectivity index (χ0n) is 16.9. The van der Waals surface area contributed by atoms with E-state index >= 15 is 0 Å². The Hall–Kier alpha value is -1.44. The summed E-state index contributed by atoms with van der Waals surface area (Å²) >= 11 is 0. The van der Waals surface area contributed by atoms with Crippen LogP contribution in [0.4, 0.5) is 0 Å². The molecule has 0 atom stereocenters. The van der Waals surface area contributed by atoms with Gasteiger partial charge in [0, 0.05) is 6.61 Å². The van der Waals surface area contributed by atoms with E-state index in [1.807, 2.05) is 6.92 Å². The molecule has 0 saturated carbocycles. The standard InChI is InChI=1S/C21H34O6S/c1-19-12-14-20(15-13-19)28(24,25)27-17-11-9-7-5-3-2-4-6-8-10-16-26-18-21(22)23/h12-15H,2-11,16-18H2,1H3,(H,22,23). The van der Waals surface area contributed by atoms with Gasteiger partial charge in [0.2, 0.25) is 0 Å². The lowest BCUT2D eigenvalue weighted by molar-refractivity contribution is -0.142. The van der Waals surface area contributed by atoms with Crippen molar-refractivity contribution in [2.75, 3.05) is 19.8 Å². The van der Waals surface area contributed by atoms with Gasteiger partial charge < -0.3 is 9.84 Å². The Labute approximate surface area is 169 Å². The van der Waals surface area contributed by atoms with Crippen LogP contribution in [-0.2, 0) is 23.8 Å². The summed E-state index contributed by atoms with van der Waals surface area (Å²) in [5, 5.41) is 8.44. The van der Waals surface area contributed by atoms with Crippen molar-refractivity contribution in [3.05, 3.63) is 29.8 Å². The number of rotatable bonds is 17. The second-order valence-electron chi connectivity index (χ2n) is 7.07. The van der Waals surface area contributed by atoms with Crippen LogP contribution in [0.25, 0.3) is 0 Å². The third-order valence-corrected chi connectivity index (χ3v) is 5.78. The molecule has 0 bridgehead atoms. The smallest absolute Gasteiger partial charge is 0.329 e. The van der Waals surface area contributed by atoms with E-state index in [9.17, 15) is 13.2 Å². The molecule has 0 amide bonds. The van der Waals surface area contributed by atoms with E-state index in [2.05, 4.69) is 0 Å². The minimum absolute atomic E-state index is 0.205. The van der Waals surface area contributed by atoms with E-state index in [0.29, 0.717) is 6.61 Å². The summed E-state index contributed by atoms with van der Waals surface area (Å²) in [5.74, 6) is -0.917. The van der Waals surface area contributed by atoms with Crippen LogP contribution in [0, 0.1) is 6.92 Å². The van der Waals surface area contributed by atoms with E-state index in [0.717, 1.165) is 50.5 Å². The number of carboxylic acids is 1. The quantitative estimate of drug-likeness (QED) is 0.293. The maximum atomic E-state index is 12.0. The van der Waals surface area contributed by atoms with Gasteiger partial charge in [0.25, 0.3) is 10.1 Å². The fourth-order valence-electron chi connectivity index (χ4n) is 2.82. The van der Waals surface area contributed by atoms with Crippen LogP contribution in [0.5, 0.6) is 0 Å². The van der Waals surface area contributed by atoms with Crippen molar-refractivity contribution < 1.29 is 27.2 Å². The Balaban J connectivity index is 1.90. The van der Waals surface area contributed by atoms with E-state index in [1.165, 1.54) is 19.3 Å². The molecular formula is C21H34O6S. The number of carbonyl (C=O) groups is 1. The number of hydrogen-bond acceptors (Lipinski definition) is 5. The lowest BCUT2D eigenvalue weighted by atomic mass is 10.1. The maximum absolute atomic E-state index is 12.0. The van der Waals surface area contributed by atoms with Crippen LogP contribution in [-0.4, -0.2) is 39.3 Å². The van der Waals surface area contributed by atoms with Crippen molar-refractivity contribution in [3.63, 3.8) is 0 Å². The van der Waals surface area contributed by atoms with Gasteiger partial charge in [0.1, 0.15) is 6.61 Å². The highest BCUT2D eigenvalue weighted by atomic mass is 32.2. The minimum atomic E-state index is -3.64. The van der Waals surface area contributed by atoms with Gasteiger partial charge in [-0.1, -0.05) is 69.1 Å². The Bertz CT molecular complexity index is 639. The molecule has 160 valence electrons. The summed E-state index contributed by atoms with van der Waals surface area (Å²) in [6.07, 6.45) is 10.7. The molecule has 0 heterocycles. The van der Waals surface area contributed by atoms with Crippen LogP contribution in [0.2, 0.25) is 0 Å². The first-order valence-electron chi connectivity index (χ1n) is 10.2. The van der Waals surface area contributed by atoms with E-state index in [4.69, 9.17) is 14.0 Å². The molecule has 1 N–H and O–H groups in total. The lowest BCUT2D eigenvalue weighted by Crippen LogP contribution is -2.07. The third kappa shape index (κ3) is 12.1. The topological polar surface area (TPSA) is 89.9 Å². The highest BCUT2D eigenvalue weighted by Gasteiger charge is 2.14. The summed E-state index contributed by atoms with van der Waals surface area (Å²) in [6, 6.07) is 6.69. The van der Waals surface area contributed by atoms with Gasteiger partial charge in [-0.3, -0.25) is 4.18 Å². The van der Waals surface area contributed by atoms with Gasteiger partial charge in [0.15, 0.2) is 0 Å². The molecule has 0 unspecified atom stereocenters. The summed E-state index contributed by atoms with van der Waals surface area (Å²) in [5.41, 5.74) is 1.02. The Morgan fingerprint density at radius 1 is 0.821 bits per heavy atom. The number of hydrogen-bond donors (Lipinski definition) is 1. The number of benzene rings is 1. The van der Waals surface area contributed by atoms with Crippen molar-refractivity contribution in [2.24, 2.45) is 0 Å². The number of aliphatic carboxylic acids is 1. The normalized spacial score (nSPS) is 11.6. The first-order valence-corrected chi connectivity index (χ1v) is 11.6. The molecule has 28 heavy (non-hydrogen) atoms. The SMILES string of the molecule is Cc1ccc(S(=O)(=O)OCCCCCCCCCCCCOCC(=O)O)cc1. The second kappa shape index (κ2) is 14.5. The highest BCUT2D eigenvalue weighted by Crippen LogP contribution is 2.15. The molecular weight excluding hydrogens is 380 g/mol. The van der Waals surface area contributed by atoms with Gasteiger partial charge in [0.05, 0.1) is 11.5 Å². The van der Waals surface area contributed by atoms with Crippen molar-refractivity contribution in [2.45, 2.75) is 76.0 Å². The molecule has 0 aliphatic heterocycles. The highest BCUT2D eigenvalue weighted by molar-refractivity contribution is 7.86. The average molecular weight is 415 g/mol. The summed E-state index contributed by atoms with van der Waals surface area (Å²) in [7, 11) is -3.64. The fraction of sp³-hybridized carbons (Fsp3) is 0.667. The first-order chi connectivity index (χ1) is 13.4. The molecule has 1 aromatic rings. The second-order valence-corrected chi connectivity index (χ2v) is 8.69. The van der Waals surface area contributed by atoms with E-state index in [1.54, 1.807) is 24.3 Å². The van der Waals surface area contributed by atoms with Crippen molar-refractivity contribution in [1.29, 1.82) is 0 Å². The van der Waals surface area contributed by atoms with Crippen molar-refractivity contribution >= 4 is 16.1 Å². The molecule has 7 heteroatoms. The molecule has 0 spiro atoms. The van der Waals surface area contributed by atoms with Crippen molar-refractivity contribution in [3.8, 4) is 0 Å². The van der Waals surface area contributed by atoms with Gasteiger partial charge in [-0.2, -0.15) is 8.42 Å². The third-order valence-electron chi connectivity index (χ3n) is 4.46. The molecule has 1 aromatic carbocycles. The molecule has 6 nitrogen and oxygen atoms in total. The molecule has 0 fully saturated rings. The molecule has 0 aromatic heterocycles. The van der Waals surface area contributed by atoms with Gasteiger partial charge in [-0.25, -0.2) is 4.79 Å². The molecule has 1 rings (SSSR count). The zero-order chi connectivity index (χ0) is 20.7. The first kappa shape index (κ1) is 24.6. The van der Waals surface area contributed by atoms with Crippen LogP contribution >= 0.6 is 0 Å². The van der Waals surface area contributed by atoms with E-state index in [-0.39, 0.29) is 18.1 Å². The minimum Gasteiger partial charge on any atom is -0.480 e. The Kier molecular flexibility index (Phi) is 12.8. The number of aryl methyl sites for hydroxylation is 1. The molecule has 0 saturated heterocycles. The van der Waals surface area contributed by atoms with Gasteiger partial charge in [-0.15, -0.1) is 0 Å². The molecule has 0 aliphatic rings. The zero-order valence-corrected chi connectivity index (χ0v) is 17.7. The van der Waals surface area contributed by atoms with Crippen LogP contribution in [0.1, 0.15) is 69.8 Å². The summed E-state index contributed by atoms with van der Waals surface area (Å²) in [6.45, 7) is 2.47.